The van der Waals surface area contributed by atoms with Gasteiger partial charge in [0.25, 0.3) is 0 Å². The lowest BCUT2D eigenvalue weighted by atomic mass is 9.89. The molecule has 0 aromatic carbocycles. The van der Waals surface area contributed by atoms with Gasteiger partial charge in [0, 0.05) is 30.6 Å². The van der Waals surface area contributed by atoms with Crippen molar-refractivity contribution in [2.24, 2.45) is 5.92 Å². The summed E-state index contributed by atoms with van der Waals surface area (Å²) in [6.07, 6.45) is 5.68. The van der Waals surface area contributed by atoms with Crippen LogP contribution in [0.5, 0.6) is 0 Å². The smallest absolute Gasteiger partial charge is 0.239 e. The molecule has 1 amide bonds. The van der Waals surface area contributed by atoms with E-state index in [0.29, 0.717) is 24.1 Å². The molecule has 2 aliphatic heterocycles. The molecule has 1 aliphatic carbocycles. The zero-order valence-electron chi connectivity index (χ0n) is 14.9. The minimum Gasteiger partial charge on any atom is -0.315 e. The molecular weight excluding hydrogens is 332 g/mol. The molecule has 134 valence electrons. The summed E-state index contributed by atoms with van der Waals surface area (Å²) in [5.41, 5.74) is 1.89. The summed E-state index contributed by atoms with van der Waals surface area (Å²) in [5.74, 6) is 0.693. The van der Waals surface area contributed by atoms with Gasteiger partial charge in [0.05, 0.1) is 12.1 Å². The van der Waals surface area contributed by atoms with E-state index in [1.165, 1.54) is 29.8 Å². The number of rotatable bonds is 3. The third-order valence-corrected chi connectivity index (χ3v) is 7.08. The van der Waals surface area contributed by atoms with E-state index >= 15 is 0 Å². The fourth-order valence-corrected chi connectivity index (χ4v) is 5.90. The van der Waals surface area contributed by atoms with Crippen LogP contribution in [0.1, 0.15) is 42.2 Å². The van der Waals surface area contributed by atoms with Gasteiger partial charge in [-0.1, -0.05) is 6.92 Å². The van der Waals surface area contributed by atoms with Gasteiger partial charge < -0.3 is 5.32 Å². The Balaban J connectivity index is 1.40. The molecule has 0 bridgehead atoms. The molecule has 0 unspecified atom stereocenters. The number of carbonyl (C=O) groups excluding carboxylic acids is 1. The highest BCUT2D eigenvalue weighted by Gasteiger charge is 2.31. The van der Waals surface area contributed by atoms with Gasteiger partial charge in [-0.2, -0.15) is 5.26 Å². The molecule has 4 rings (SSSR count). The second kappa shape index (κ2) is 7.06. The van der Waals surface area contributed by atoms with Crippen LogP contribution in [-0.4, -0.2) is 54.5 Å². The zero-order valence-corrected chi connectivity index (χ0v) is 15.7. The van der Waals surface area contributed by atoms with Gasteiger partial charge in [0.2, 0.25) is 5.91 Å². The number of thiophene rings is 1. The molecule has 5 nitrogen and oxygen atoms in total. The number of anilines is 1. The molecule has 2 saturated heterocycles. The summed E-state index contributed by atoms with van der Waals surface area (Å²) in [6, 6.07) is 2.96. The van der Waals surface area contributed by atoms with Crippen LogP contribution >= 0.6 is 11.3 Å². The molecule has 2 fully saturated rings. The van der Waals surface area contributed by atoms with Crippen LogP contribution in [0.4, 0.5) is 5.00 Å². The van der Waals surface area contributed by atoms with Crippen molar-refractivity contribution in [1.82, 2.24) is 9.80 Å². The number of hydrogen-bond donors (Lipinski definition) is 1. The first-order chi connectivity index (χ1) is 12.1. The van der Waals surface area contributed by atoms with Gasteiger partial charge in [-0.15, -0.1) is 11.3 Å². The van der Waals surface area contributed by atoms with Crippen LogP contribution in [-0.2, 0) is 17.6 Å². The molecule has 0 radical (unpaired) electrons. The first kappa shape index (κ1) is 17.0. The van der Waals surface area contributed by atoms with Gasteiger partial charge in [0.1, 0.15) is 11.1 Å². The van der Waals surface area contributed by atoms with Crippen LogP contribution in [0.3, 0.4) is 0 Å². The summed E-state index contributed by atoms with van der Waals surface area (Å²) in [7, 11) is 0. The van der Waals surface area contributed by atoms with E-state index in [4.69, 9.17) is 0 Å². The summed E-state index contributed by atoms with van der Waals surface area (Å²) in [6.45, 7) is 6.95. The minimum atomic E-state index is 0.0228. The van der Waals surface area contributed by atoms with Gasteiger partial charge >= 0.3 is 0 Å². The maximum absolute atomic E-state index is 12.5. The van der Waals surface area contributed by atoms with Crippen molar-refractivity contribution in [3.63, 3.8) is 0 Å². The zero-order chi connectivity index (χ0) is 17.4. The largest absolute Gasteiger partial charge is 0.315 e. The van der Waals surface area contributed by atoms with E-state index in [-0.39, 0.29) is 5.91 Å². The van der Waals surface area contributed by atoms with Crippen molar-refractivity contribution in [3.05, 3.63) is 16.0 Å². The maximum Gasteiger partial charge on any atom is 0.239 e. The Labute approximate surface area is 153 Å². The predicted octanol–water partition coefficient (Wildman–Crippen LogP) is 2.46. The molecule has 1 aromatic heterocycles. The molecule has 3 heterocycles. The lowest BCUT2D eigenvalue weighted by Gasteiger charge is -2.37. The molecule has 6 heteroatoms. The van der Waals surface area contributed by atoms with Crippen LogP contribution in [0.25, 0.3) is 0 Å². The number of nitrogens with one attached hydrogen (secondary N) is 1. The van der Waals surface area contributed by atoms with Crippen molar-refractivity contribution >= 4 is 22.2 Å². The van der Waals surface area contributed by atoms with E-state index in [1.54, 1.807) is 11.3 Å². The van der Waals surface area contributed by atoms with E-state index in [0.717, 1.165) is 43.9 Å². The third-order valence-electron chi connectivity index (χ3n) is 5.92. The van der Waals surface area contributed by atoms with E-state index in [1.807, 2.05) is 0 Å². The molecule has 0 spiro atoms. The van der Waals surface area contributed by atoms with Crippen molar-refractivity contribution in [3.8, 4) is 6.07 Å². The summed E-state index contributed by atoms with van der Waals surface area (Å²) in [5, 5.41) is 13.4. The number of amides is 1. The number of nitriles is 1. The fraction of sp³-hybridized carbons (Fsp3) is 0.684. The van der Waals surface area contributed by atoms with E-state index in [2.05, 4.69) is 28.1 Å². The highest BCUT2D eigenvalue weighted by atomic mass is 32.1. The Hall–Kier alpha value is -1.42. The number of hydrogen-bond acceptors (Lipinski definition) is 5. The molecule has 1 aromatic rings. The Morgan fingerprint density at radius 3 is 3.08 bits per heavy atom. The van der Waals surface area contributed by atoms with Gasteiger partial charge in [-0.3, -0.25) is 14.6 Å². The lowest BCUT2D eigenvalue weighted by molar-refractivity contribution is -0.117. The number of piperazine rings is 1. The fourth-order valence-electron chi connectivity index (χ4n) is 4.53. The third kappa shape index (κ3) is 3.46. The summed E-state index contributed by atoms with van der Waals surface area (Å²) >= 11 is 1.61. The maximum atomic E-state index is 12.5. The highest BCUT2D eigenvalue weighted by Crippen LogP contribution is 2.39. The Kier molecular flexibility index (Phi) is 4.81. The lowest BCUT2D eigenvalue weighted by Crippen LogP contribution is -2.51. The van der Waals surface area contributed by atoms with Gasteiger partial charge in [-0.25, -0.2) is 0 Å². The Bertz CT molecular complexity index is 707. The Morgan fingerprint density at radius 1 is 1.36 bits per heavy atom. The van der Waals surface area contributed by atoms with Crippen LogP contribution in [0, 0.1) is 17.2 Å². The Morgan fingerprint density at radius 2 is 2.24 bits per heavy atom. The van der Waals surface area contributed by atoms with Gasteiger partial charge in [0.15, 0.2) is 0 Å². The quantitative estimate of drug-likeness (QED) is 0.902. The minimum absolute atomic E-state index is 0.0228. The SMILES string of the molecule is C[C@H]1CCc2c(sc(NC(=O)CN3CCN4CCC[C@H]4C3)c2C#N)C1. The summed E-state index contributed by atoms with van der Waals surface area (Å²) in [4.78, 5) is 18.7. The van der Waals surface area contributed by atoms with Crippen molar-refractivity contribution in [2.45, 2.75) is 45.1 Å². The first-order valence-corrected chi connectivity index (χ1v) is 10.3. The molecule has 3 aliphatic rings. The first-order valence-electron chi connectivity index (χ1n) is 9.45. The molecular formula is C19H26N4OS. The normalized spacial score (nSPS) is 26.7. The van der Waals surface area contributed by atoms with Crippen molar-refractivity contribution in [2.75, 3.05) is 38.0 Å². The topological polar surface area (TPSA) is 59.4 Å². The standard InChI is InChI=1S/C19H26N4OS/c1-13-4-5-15-16(10-20)19(25-17(15)9-13)21-18(24)12-22-7-8-23-6-2-3-14(23)11-22/h13-14H,2-9,11-12H2,1H3,(H,21,24)/t13-,14-/m0/s1. The highest BCUT2D eigenvalue weighted by molar-refractivity contribution is 7.16. The monoisotopic (exact) mass is 358 g/mol. The second-order valence-electron chi connectivity index (χ2n) is 7.78. The van der Waals surface area contributed by atoms with Crippen molar-refractivity contribution < 1.29 is 4.79 Å². The second-order valence-corrected chi connectivity index (χ2v) is 8.89. The van der Waals surface area contributed by atoms with Crippen LogP contribution in [0.2, 0.25) is 0 Å². The van der Waals surface area contributed by atoms with Crippen LogP contribution in [0.15, 0.2) is 0 Å². The molecule has 2 atom stereocenters. The number of nitrogens with zero attached hydrogens (tertiary/aromatic N) is 3. The average molecular weight is 359 g/mol. The predicted molar refractivity (Wildman–Crippen MR) is 99.9 cm³/mol. The van der Waals surface area contributed by atoms with E-state index in [9.17, 15) is 10.1 Å². The number of fused-ring (bicyclic) bond motifs is 2. The molecule has 25 heavy (non-hydrogen) atoms. The van der Waals surface area contributed by atoms with Gasteiger partial charge in [-0.05, 0) is 50.1 Å². The molecule has 0 saturated carbocycles. The number of carbonyl (C=O) groups is 1. The summed E-state index contributed by atoms with van der Waals surface area (Å²) < 4.78 is 0. The van der Waals surface area contributed by atoms with Crippen LogP contribution < -0.4 is 5.32 Å². The van der Waals surface area contributed by atoms with Crippen molar-refractivity contribution in [1.29, 1.82) is 5.26 Å². The molecule has 1 N–H and O–H groups in total. The average Bonchev–Trinajstić information content (AvgIpc) is 3.17. The van der Waals surface area contributed by atoms with E-state index < -0.39 is 0 Å².